The summed E-state index contributed by atoms with van der Waals surface area (Å²) < 4.78 is 25.5. The fraction of sp³-hybridized carbons (Fsp3) is 0.381. The number of nitrogens with zero attached hydrogens (tertiary/aromatic N) is 2. The maximum atomic E-state index is 12.9. The molecule has 3 rings (SSSR count). The summed E-state index contributed by atoms with van der Waals surface area (Å²) >= 11 is 0. The van der Waals surface area contributed by atoms with Crippen molar-refractivity contribution in [3.8, 4) is 0 Å². The Morgan fingerprint density at radius 3 is 2.32 bits per heavy atom. The van der Waals surface area contributed by atoms with E-state index in [1.165, 1.54) is 24.9 Å². The topological polar surface area (TPSA) is 69.7 Å². The van der Waals surface area contributed by atoms with Crippen LogP contribution in [0, 0.1) is 0 Å². The monoisotopic (exact) mass is 401 g/mol. The van der Waals surface area contributed by atoms with Crippen molar-refractivity contribution in [2.45, 2.75) is 25.8 Å². The molecule has 1 heterocycles. The maximum Gasteiger partial charge on any atom is 0.256 e. The van der Waals surface area contributed by atoms with Crippen LogP contribution in [0.5, 0.6) is 0 Å². The third-order valence-electron chi connectivity index (χ3n) is 4.88. The van der Waals surface area contributed by atoms with Gasteiger partial charge in [-0.3, -0.25) is 9.52 Å². The van der Waals surface area contributed by atoms with E-state index in [0.717, 1.165) is 24.9 Å². The molecule has 1 N–H and O–H groups in total. The number of amides is 1. The summed E-state index contributed by atoms with van der Waals surface area (Å²) in [5, 5.41) is 0. The summed E-state index contributed by atoms with van der Waals surface area (Å²) in [6.45, 7) is 2.65. The van der Waals surface area contributed by atoms with Crippen LogP contribution in [0.4, 0.5) is 11.4 Å². The lowest BCUT2D eigenvalue weighted by Crippen LogP contribution is -2.29. The van der Waals surface area contributed by atoms with Crippen molar-refractivity contribution in [3.63, 3.8) is 0 Å². The van der Waals surface area contributed by atoms with Crippen LogP contribution < -0.4 is 9.62 Å². The van der Waals surface area contributed by atoms with E-state index in [9.17, 15) is 13.2 Å². The van der Waals surface area contributed by atoms with Gasteiger partial charge in [-0.25, -0.2) is 8.42 Å². The number of para-hydroxylation sites is 1. The van der Waals surface area contributed by atoms with Crippen LogP contribution in [-0.2, 0) is 16.6 Å². The molecule has 28 heavy (non-hydrogen) atoms. The van der Waals surface area contributed by atoms with Crippen molar-refractivity contribution in [2.24, 2.45) is 0 Å². The maximum absolute atomic E-state index is 12.9. The van der Waals surface area contributed by atoms with E-state index >= 15 is 0 Å². The smallest absolute Gasteiger partial charge is 0.256 e. The van der Waals surface area contributed by atoms with E-state index in [1.54, 1.807) is 36.2 Å². The number of benzene rings is 2. The lowest BCUT2D eigenvalue weighted by Gasteiger charge is -2.29. The number of anilines is 2. The van der Waals surface area contributed by atoms with Gasteiger partial charge < -0.3 is 9.80 Å². The number of carbonyl (C=O) groups excluding carboxylic acids is 1. The first-order valence-corrected chi connectivity index (χ1v) is 11.4. The lowest BCUT2D eigenvalue weighted by molar-refractivity contribution is 0.0786. The Hall–Kier alpha value is -2.54. The Morgan fingerprint density at radius 1 is 1.04 bits per heavy atom. The van der Waals surface area contributed by atoms with Crippen LogP contribution >= 0.6 is 0 Å². The zero-order valence-corrected chi connectivity index (χ0v) is 17.2. The number of rotatable bonds is 6. The minimum absolute atomic E-state index is 0.230. The Kier molecular flexibility index (Phi) is 6.24. The van der Waals surface area contributed by atoms with Crippen LogP contribution in [0.2, 0.25) is 0 Å². The van der Waals surface area contributed by atoms with Gasteiger partial charge in [-0.05, 0) is 49.1 Å². The average molecular weight is 402 g/mol. The van der Waals surface area contributed by atoms with Crippen LogP contribution in [0.1, 0.15) is 35.2 Å². The summed E-state index contributed by atoms with van der Waals surface area (Å²) in [6.07, 6.45) is 4.85. The van der Waals surface area contributed by atoms with E-state index in [-0.39, 0.29) is 5.91 Å². The van der Waals surface area contributed by atoms with Crippen molar-refractivity contribution in [1.82, 2.24) is 4.90 Å². The van der Waals surface area contributed by atoms with Crippen molar-refractivity contribution in [2.75, 3.05) is 36.0 Å². The highest BCUT2D eigenvalue weighted by molar-refractivity contribution is 7.92. The molecule has 1 fully saturated rings. The highest BCUT2D eigenvalue weighted by Gasteiger charge is 2.18. The zero-order valence-electron chi connectivity index (χ0n) is 16.4. The molecule has 0 radical (unpaired) electrons. The molecule has 0 aliphatic carbocycles. The number of sulfonamides is 1. The second-order valence-electron chi connectivity index (χ2n) is 7.30. The van der Waals surface area contributed by atoms with E-state index in [0.29, 0.717) is 17.8 Å². The zero-order chi connectivity index (χ0) is 20.1. The van der Waals surface area contributed by atoms with Crippen LogP contribution in [0.15, 0.2) is 48.5 Å². The second kappa shape index (κ2) is 8.65. The molecular weight excluding hydrogens is 374 g/mol. The van der Waals surface area contributed by atoms with Gasteiger partial charge in [0.05, 0.1) is 17.5 Å². The second-order valence-corrected chi connectivity index (χ2v) is 9.04. The van der Waals surface area contributed by atoms with Gasteiger partial charge in [0.2, 0.25) is 10.0 Å². The molecule has 0 spiro atoms. The molecule has 0 saturated carbocycles. The molecule has 7 heteroatoms. The third kappa shape index (κ3) is 5.25. The Morgan fingerprint density at radius 2 is 1.68 bits per heavy atom. The van der Waals surface area contributed by atoms with Crippen molar-refractivity contribution < 1.29 is 13.2 Å². The van der Waals surface area contributed by atoms with Gasteiger partial charge in [0, 0.05) is 32.4 Å². The summed E-state index contributed by atoms with van der Waals surface area (Å²) in [5.74, 6) is -0.230. The van der Waals surface area contributed by atoms with Gasteiger partial charge in [-0.1, -0.05) is 24.3 Å². The van der Waals surface area contributed by atoms with Crippen molar-refractivity contribution >= 4 is 27.3 Å². The molecule has 2 aromatic carbocycles. The largest absolute Gasteiger partial charge is 0.372 e. The lowest BCUT2D eigenvalue weighted by atomic mass is 10.1. The van der Waals surface area contributed by atoms with E-state index in [2.05, 4.69) is 21.8 Å². The van der Waals surface area contributed by atoms with E-state index in [4.69, 9.17) is 0 Å². The predicted octanol–water partition coefficient (Wildman–Crippen LogP) is 3.32. The molecule has 1 saturated heterocycles. The van der Waals surface area contributed by atoms with E-state index in [1.807, 2.05) is 12.1 Å². The normalized spacial score (nSPS) is 14.6. The standard InChI is InChI=1S/C21H27N3O3S/c1-23(21(25)19-8-4-5-9-20(19)22-28(2,26)27)16-17-10-12-18(13-11-17)24-14-6-3-7-15-24/h4-5,8-13,22H,3,6-7,14-16H2,1-2H3. The quantitative estimate of drug-likeness (QED) is 0.806. The van der Waals surface area contributed by atoms with Gasteiger partial charge in [0.15, 0.2) is 0 Å². The molecule has 150 valence electrons. The van der Waals surface area contributed by atoms with Gasteiger partial charge >= 0.3 is 0 Å². The molecule has 1 aliphatic rings. The van der Waals surface area contributed by atoms with Gasteiger partial charge in [0.25, 0.3) is 5.91 Å². The van der Waals surface area contributed by atoms with E-state index < -0.39 is 10.0 Å². The number of hydrogen-bond donors (Lipinski definition) is 1. The molecule has 1 amide bonds. The van der Waals surface area contributed by atoms with Gasteiger partial charge in [0.1, 0.15) is 0 Å². The molecule has 6 nitrogen and oxygen atoms in total. The number of hydrogen-bond acceptors (Lipinski definition) is 4. The number of carbonyl (C=O) groups is 1. The van der Waals surface area contributed by atoms with Crippen LogP contribution in [0.25, 0.3) is 0 Å². The van der Waals surface area contributed by atoms with Crippen LogP contribution in [-0.4, -0.2) is 45.6 Å². The molecule has 2 aromatic rings. The summed E-state index contributed by atoms with van der Waals surface area (Å²) in [6, 6.07) is 15.0. The highest BCUT2D eigenvalue weighted by Crippen LogP contribution is 2.22. The molecule has 0 aromatic heterocycles. The minimum atomic E-state index is -3.46. The molecule has 0 atom stereocenters. The highest BCUT2D eigenvalue weighted by atomic mass is 32.2. The average Bonchev–Trinajstić information content (AvgIpc) is 2.68. The Labute approximate surface area is 167 Å². The fourth-order valence-corrected chi connectivity index (χ4v) is 4.05. The summed E-state index contributed by atoms with van der Waals surface area (Å²) in [4.78, 5) is 16.8. The first kappa shape index (κ1) is 20.2. The molecule has 0 bridgehead atoms. The summed E-state index contributed by atoms with van der Waals surface area (Å²) in [7, 11) is -1.74. The fourth-order valence-electron chi connectivity index (χ4n) is 3.47. The Balaban J connectivity index is 1.69. The third-order valence-corrected chi connectivity index (χ3v) is 5.47. The predicted molar refractivity (Wildman–Crippen MR) is 113 cm³/mol. The number of nitrogens with one attached hydrogen (secondary N) is 1. The SMILES string of the molecule is CN(Cc1ccc(N2CCCCC2)cc1)C(=O)c1ccccc1NS(C)(=O)=O. The minimum Gasteiger partial charge on any atom is -0.372 e. The van der Waals surface area contributed by atoms with Crippen LogP contribution in [0.3, 0.4) is 0 Å². The van der Waals surface area contributed by atoms with Gasteiger partial charge in [-0.15, -0.1) is 0 Å². The molecular formula is C21H27N3O3S. The molecule has 0 unspecified atom stereocenters. The first-order valence-electron chi connectivity index (χ1n) is 9.50. The Bertz CT molecular complexity index is 920. The molecule has 1 aliphatic heterocycles. The van der Waals surface area contributed by atoms with Crippen molar-refractivity contribution in [3.05, 3.63) is 59.7 Å². The number of piperidine rings is 1. The van der Waals surface area contributed by atoms with Gasteiger partial charge in [-0.2, -0.15) is 0 Å². The van der Waals surface area contributed by atoms with Crippen molar-refractivity contribution in [1.29, 1.82) is 0 Å². The summed E-state index contributed by atoms with van der Waals surface area (Å²) in [5.41, 5.74) is 2.88. The first-order chi connectivity index (χ1) is 13.3.